The number of nitrogens with zero attached hydrogens (tertiary/aromatic N) is 2. The third kappa shape index (κ3) is 4.46. The van der Waals surface area contributed by atoms with Gasteiger partial charge in [0.2, 0.25) is 0 Å². The highest BCUT2D eigenvalue weighted by Gasteiger charge is 2.11. The summed E-state index contributed by atoms with van der Waals surface area (Å²) in [6.07, 6.45) is 2.96. The molecule has 0 bridgehead atoms. The zero-order valence-electron chi connectivity index (χ0n) is 16.6. The molecule has 1 aromatic heterocycles. The Balaban J connectivity index is 1.55. The minimum atomic E-state index is -0.517. The molecule has 4 nitrogen and oxygen atoms in total. The fraction of sp³-hybridized carbons (Fsp3) is 0.120. The summed E-state index contributed by atoms with van der Waals surface area (Å²) < 4.78 is 21.7. The van der Waals surface area contributed by atoms with Crippen LogP contribution in [0.3, 0.4) is 0 Å². The van der Waals surface area contributed by atoms with E-state index >= 15 is 0 Å². The zero-order valence-corrected chi connectivity index (χ0v) is 16.6. The van der Waals surface area contributed by atoms with Crippen molar-refractivity contribution in [1.82, 2.24) is 9.55 Å². The van der Waals surface area contributed by atoms with Gasteiger partial charge in [0.05, 0.1) is 18.4 Å². The predicted octanol–water partition coefficient (Wildman–Crippen LogP) is 4.99. The maximum atomic E-state index is 14.6. The molecule has 0 aliphatic heterocycles. The van der Waals surface area contributed by atoms with Gasteiger partial charge in [-0.3, -0.25) is 9.36 Å². The Kier molecular flexibility index (Phi) is 5.70. The van der Waals surface area contributed by atoms with E-state index in [1.54, 1.807) is 12.1 Å². The van der Waals surface area contributed by atoms with Gasteiger partial charge in [-0.1, -0.05) is 66.2 Å². The van der Waals surface area contributed by atoms with E-state index in [4.69, 9.17) is 4.74 Å². The molecule has 0 aliphatic carbocycles. The van der Waals surface area contributed by atoms with Gasteiger partial charge in [0.25, 0.3) is 5.56 Å². The lowest BCUT2D eigenvalue weighted by Crippen LogP contribution is -2.22. The highest BCUT2D eigenvalue weighted by Crippen LogP contribution is 2.24. The molecule has 0 radical (unpaired) electrons. The molecule has 0 saturated heterocycles. The Morgan fingerprint density at radius 2 is 1.73 bits per heavy atom. The van der Waals surface area contributed by atoms with Crippen LogP contribution in [0.4, 0.5) is 4.39 Å². The number of halogens is 1. The Morgan fingerprint density at radius 1 is 0.967 bits per heavy atom. The van der Waals surface area contributed by atoms with E-state index in [0.717, 1.165) is 16.7 Å². The molecule has 3 aromatic carbocycles. The van der Waals surface area contributed by atoms with Gasteiger partial charge in [0, 0.05) is 6.20 Å². The van der Waals surface area contributed by atoms with Crippen molar-refractivity contribution in [1.29, 1.82) is 0 Å². The van der Waals surface area contributed by atoms with E-state index in [1.165, 1.54) is 23.2 Å². The molecule has 0 aliphatic rings. The topological polar surface area (TPSA) is 44.1 Å². The van der Waals surface area contributed by atoms with Gasteiger partial charge >= 0.3 is 0 Å². The fourth-order valence-electron chi connectivity index (χ4n) is 3.17. The average molecular weight is 400 g/mol. The average Bonchev–Trinajstić information content (AvgIpc) is 2.76. The molecular formula is C25H21FN2O2. The Bertz CT molecular complexity index is 1200. The monoisotopic (exact) mass is 400 g/mol. The van der Waals surface area contributed by atoms with E-state index < -0.39 is 5.82 Å². The van der Waals surface area contributed by atoms with Crippen LogP contribution >= 0.6 is 0 Å². The largest absolute Gasteiger partial charge is 0.486 e. The quantitative estimate of drug-likeness (QED) is 0.458. The van der Waals surface area contributed by atoms with Crippen molar-refractivity contribution >= 4 is 0 Å². The van der Waals surface area contributed by atoms with Gasteiger partial charge in [-0.15, -0.1) is 0 Å². The van der Waals surface area contributed by atoms with Gasteiger partial charge in [-0.2, -0.15) is 0 Å². The maximum absolute atomic E-state index is 14.6. The summed E-state index contributed by atoms with van der Waals surface area (Å²) in [4.78, 5) is 17.1. The van der Waals surface area contributed by atoms with E-state index in [2.05, 4.69) is 4.98 Å². The summed E-state index contributed by atoms with van der Waals surface area (Å²) in [5, 5.41) is 0. The minimum Gasteiger partial charge on any atom is -0.486 e. The van der Waals surface area contributed by atoms with Crippen LogP contribution in [-0.2, 0) is 13.2 Å². The van der Waals surface area contributed by atoms with Gasteiger partial charge < -0.3 is 4.74 Å². The van der Waals surface area contributed by atoms with E-state index in [-0.39, 0.29) is 17.9 Å². The Morgan fingerprint density at radius 3 is 2.47 bits per heavy atom. The molecule has 0 unspecified atom stereocenters. The first-order valence-corrected chi connectivity index (χ1v) is 9.67. The maximum Gasteiger partial charge on any atom is 0.261 e. The molecule has 0 fully saturated rings. The lowest BCUT2D eigenvalue weighted by Gasteiger charge is -2.10. The molecule has 4 rings (SSSR count). The lowest BCUT2D eigenvalue weighted by molar-refractivity contribution is 0.290. The number of ether oxygens (including phenoxy) is 1. The molecule has 0 atom stereocenters. The second kappa shape index (κ2) is 8.74. The second-order valence-corrected chi connectivity index (χ2v) is 7.15. The summed E-state index contributed by atoms with van der Waals surface area (Å²) in [6, 6.07) is 22.1. The van der Waals surface area contributed by atoms with Crippen molar-refractivity contribution in [2.75, 3.05) is 0 Å². The van der Waals surface area contributed by atoms with Crippen LogP contribution in [0, 0.1) is 12.7 Å². The molecular weight excluding hydrogens is 379 g/mol. The van der Waals surface area contributed by atoms with Gasteiger partial charge in [0.15, 0.2) is 11.6 Å². The van der Waals surface area contributed by atoms with Gasteiger partial charge in [-0.25, -0.2) is 9.37 Å². The van der Waals surface area contributed by atoms with E-state index in [9.17, 15) is 9.18 Å². The molecule has 0 spiro atoms. The van der Waals surface area contributed by atoms with Crippen molar-refractivity contribution in [2.45, 2.75) is 20.1 Å². The third-order valence-corrected chi connectivity index (χ3v) is 4.85. The number of rotatable bonds is 6. The Hall–Kier alpha value is -3.73. The van der Waals surface area contributed by atoms with Crippen LogP contribution < -0.4 is 10.3 Å². The third-order valence-electron chi connectivity index (χ3n) is 4.85. The highest BCUT2D eigenvalue weighted by atomic mass is 19.1. The highest BCUT2D eigenvalue weighted by molar-refractivity contribution is 5.62. The van der Waals surface area contributed by atoms with Crippen molar-refractivity contribution in [3.05, 3.63) is 118 Å². The zero-order chi connectivity index (χ0) is 20.9. The first kappa shape index (κ1) is 19.6. The van der Waals surface area contributed by atoms with Crippen LogP contribution in [0.5, 0.6) is 5.75 Å². The SMILES string of the molecule is Cc1ccc(Cn2cncc(-c3ccc(OCc4ccccc4)c(F)c3)c2=O)cc1. The van der Waals surface area contributed by atoms with Crippen molar-refractivity contribution < 1.29 is 9.13 Å². The van der Waals surface area contributed by atoms with Crippen molar-refractivity contribution in [3.8, 4) is 16.9 Å². The van der Waals surface area contributed by atoms with Crippen molar-refractivity contribution in [2.24, 2.45) is 0 Å². The smallest absolute Gasteiger partial charge is 0.261 e. The summed E-state index contributed by atoms with van der Waals surface area (Å²) in [5.74, 6) is -0.372. The number of aryl methyl sites for hydroxylation is 1. The van der Waals surface area contributed by atoms with E-state index in [0.29, 0.717) is 17.7 Å². The Labute approximate surface area is 174 Å². The molecule has 4 aromatic rings. The number of aromatic nitrogens is 2. The fourth-order valence-corrected chi connectivity index (χ4v) is 3.17. The molecule has 1 heterocycles. The normalized spacial score (nSPS) is 10.7. The summed E-state index contributed by atoms with van der Waals surface area (Å²) >= 11 is 0. The minimum absolute atomic E-state index is 0.145. The molecule has 5 heteroatoms. The standard InChI is InChI=1S/C25H21FN2O2/c1-18-7-9-19(10-8-18)15-28-17-27-14-22(25(28)29)21-11-12-24(23(26)13-21)30-16-20-5-3-2-4-6-20/h2-14,17H,15-16H2,1H3. The van der Waals surface area contributed by atoms with Crippen LogP contribution in [0.15, 0.2) is 90.1 Å². The summed E-state index contributed by atoms with van der Waals surface area (Å²) in [7, 11) is 0. The summed E-state index contributed by atoms with van der Waals surface area (Å²) in [6.45, 7) is 2.69. The first-order chi connectivity index (χ1) is 14.6. The van der Waals surface area contributed by atoms with Crippen LogP contribution in [0.2, 0.25) is 0 Å². The molecule has 0 saturated carbocycles. The van der Waals surface area contributed by atoms with E-state index in [1.807, 2.05) is 61.5 Å². The van der Waals surface area contributed by atoms with Crippen molar-refractivity contribution in [3.63, 3.8) is 0 Å². The van der Waals surface area contributed by atoms with Crippen LogP contribution in [0.25, 0.3) is 11.1 Å². The number of hydrogen-bond donors (Lipinski definition) is 0. The van der Waals surface area contributed by atoms with Gasteiger partial charge in [-0.05, 0) is 35.7 Å². The molecule has 0 N–H and O–H groups in total. The van der Waals surface area contributed by atoms with Gasteiger partial charge in [0.1, 0.15) is 6.61 Å². The first-order valence-electron chi connectivity index (χ1n) is 9.67. The van der Waals surface area contributed by atoms with Crippen LogP contribution in [0.1, 0.15) is 16.7 Å². The molecule has 30 heavy (non-hydrogen) atoms. The second-order valence-electron chi connectivity index (χ2n) is 7.15. The summed E-state index contributed by atoms with van der Waals surface area (Å²) in [5.41, 5.74) is 3.70. The molecule has 150 valence electrons. The number of hydrogen-bond acceptors (Lipinski definition) is 3. The molecule has 0 amide bonds. The lowest BCUT2D eigenvalue weighted by atomic mass is 10.1. The van der Waals surface area contributed by atoms with Crippen LogP contribution in [-0.4, -0.2) is 9.55 Å². The predicted molar refractivity (Wildman–Crippen MR) is 115 cm³/mol. The number of benzene rings is 3.